The Morgan fingerprint density at radius 2 is 1.72 bits per heavy atom. The number of nitrogens with two attached hydrogens (primary N) is 2. The van der Waals surface area contributed by atoms with Crippen LogP contribution in [0.15, 0.2) is 0 Å². The summed E-state index contributed by atoms with van der Waals surface area (Å²) in [4.78, 5) is 27.2. The van der Waals surface area contributed by atoms with Gasteiger partial charge in [-0.15, -0.1) is 0 Å². The van der Waals surface area contributed by atoms with E-state index in [2.05, 4.69) is 15.5 Å². The molecule has 6 unspecified atom stereocenters. The maximum absolute atomic E-state index is 13.8. The lowest BCUT2D eigenvalue weighted by atomic mass is 9.77. The van der Waals surface area contributed by atoms with E-state index in [1.807, 2.05) is 0 Å². The van der Waals surface area contributed by atoms with Crippen LogP contribution in [0.1, 0.15) is 64.2 Å². The minimum absolute atomic E-state index is 0.0174. The number of alkyl halides is 1. The Labute approximate surface area is 189 Å². The summed E-state index contributed by atoms with van der Waals surface area (Å²) < 4.78 is 13.8. The molecule has 2 aliphatic heterocycles. The number of likely N-dealkylation sites (tertiary alicyclic amines) is 1. The van der Waals surface area contributed by atoms with Crippen molar-refractivity contribution in [1.29, 1.82) is 5.41 Å². The molecule has 2 saturated carbocycles. The lowest BCUT2D eigenvalue weighted by Crippen LogP contribution is -2.56. The van der Waals surface area contributed by atoms with Gasteiger partial charge in [-0.05, 0) is 76.2 Å². The lowest BCUT2D eigenvalue weighted by Gasteiger charge is -2.40. The normalized spacial score (nSPS) is 40.4. The van der Waals surface area contributed by atoms with Crippen molar-refractivity contribution in [3.8, 4) is 0 Å². The van der Waals surface area contributed by atoms with Crippen molar-refractivity contribution >= 4 is 17.6 Å². The molecule has 4 aliphatic rings. The molecule has 32 heavy (non-hydrogen) atoms. The van der Waals surface area contributed by atoms with Crippen molar-refractivity contribution in [1.82, 2.24) is 15.5 Å². The molecule has 2 aliphatic carbocycles. The number of nitrogens with zero attached hydrogens (tertiary/aromatic N) is 1. The quantitative estimate of drug-likeness (QED) is 0.306. The van der Waals surface area contributed by atoms with E-state index in [-0.39, 0.29) is 47.7 Å². The highest BCUT2D eigenvalue weighted by Crippen LogP contribution is 2.43. The van der Waals surface area contributed by atoms with E-state index in [1.54, 1.807) is 0 Å². The number of amidine groups is 1. The van der Waals surface area contributed by atoms with Gasteiger partial charge in [-0.1, -0.05) is 0 Å². The van der Waals surface area contributed by atoms with Gasteiger partial charge in [0.25, 0.3) is 0 Å². The number of carbonyl (C=O) groups excluding carboxylic acids is 2. The Morgan fingerprint density at radius 1 is 1.00 bits per heavy atom. The predicted molar refractivity (Wildman–Crippen MR) is 120 cm³/mol. The van der Waals surface area contributed by atoms with Gasteiger partial charge in [0.15, 0.2) is 0 Å². The van der Waals surface area contributed by atoms with Crippen molar-refractivity contribution < 1.29 is 14.0 Å². The Bertz CT molecular complexity index is 713. The standard InChI is InChI=1S/C23H39FN6O2/c24-17-7-8-28-20(11-17)29-23(32)19-9-15-5-6-16(21(25)26)10-18(15)30(19)12-13-1-3-14(4-2-13)22(27)31/h13-20,28H,1-12H2,(H3,25,26)(H2,27,31)(H,29,32). The zero-order valence-electron chi connectivity index (χ0n) is 18.9. The molecule has 6 atom stereocenters. The predicted octanol–water partition coefficient (Wildman–Crippen LogP) is 1.24. The van der Waals surface area contributed by atoms with Gasteiger partial charge in [0.1, 0.15) is 6.17 Å². The molecule has 4 fully saturated rings. The number of hydrogen-bond acceptors (Lipinski definition) is 5. The number of hydrogen-bond donors (Lipinski definition) is 5. The molecule has 2 saturated heterocycles. The first-order valence-corrected chi connectivity index (χ1v) is 12.4. The van der Waals surface area contributed by atoms with Gasteiger partial charge >= 0.3 is 0 Å². The first-order valence-electron chi connectivity index (χ1n) is 12.4. The molecule has 0 aromatic rings. The average molecular weight is 451 g/mol. The number of amides is 2. The zero-order chi connectivity index (χ0) is 22.8. The number of rotatable bonds is 6. The van der Waals surface area contributed by atoms with Crippen molar-refractivity contribution in [2.75, 3.05) is 13.1 Å². The summed E-state index contributed by atoms with van der Waals surface area (Å²) in [7, 11) is 0. The summed E-state index contributed by atoms with van der Waals surface area (Å²) in [5.74, 6) is 0.939. The Balaban J connectivity index is 1.44. The van der Waals surface area contributed by atoms with Gasteiger partial charge in [0.05, 0.1) is 18.0 Å². The van der Waals surface area contributed by atoms with Gasteiger partial charge in [-0.25, -0.2) is 4.39 Å². The largest absolute Gasteiger partial charge is 0.387 e. The van der Waals surface area contributed by atoms with Crippen molar-refractivity contribution in [2.45, 2.75) is 88.6 Å². The van der Waals surface area contributed by atoms with E-state index in [1.165, 1.54) is 0 Å². The zero-order valence-corrected chi connectivity index (χ0v) is 18.9. The summed E-state index contributed by atoms with van der Waals surface area (Å²) >= 11 is 0. The monoisotopic (exact) mass is 450 g/mol. The minimum Gasteiger partial charge on any atom is -0.387 e. The molecular formula is C23H39FN6O2. The molecule has 0 aromatic carbocycles. The average Bonchev–Trinajstić information content (AvgIpc) is 3.12. The highest BCUT2D eigenvalue weighted by Gasteiger charge is 2.48. The number of carbonyl (C=O) groups is 2. The van der Waals surface area contributed by atoms with Crippen molar-refractivity contribution in [3.05, 3.63) is 0 Å². The SMILES string of the molecule is N=C(N)C1CCC2CC(C(=O)NC3CC(F)CCN3)N(CC3CCC(C(N)=O)CC3)C2C1. The van der Waals surface area contributed by atoms with Crippen molar-refractivity contribution in [2.24, 2.45) is 35.1 Å². The smallest absolute Gasteiger partial charge is 0.238 e. The van der Waals surface area contributed by atoms with Gasteiger partial charge in [0, 0.05) is 30.8 Å². The molecule has 9 heteroatoms. The van der Waals surface area contributed by atoms with E-state index >= 15 is 0 Å². The fraction of sp³-hybridized carbons (Fsp3) is 0.870. The summed E-state index contributed by atoms with van der Waals surface area (Å²) in [6.45, 7) is 1.40. The fourth-order valence-electron chi connectivity index (χ4n) is 6.52. The number of fused-ring (bicyclic) bond motifs is 1. The fourth-order valence-corrected chi connectivity index (χ4v) is 6.52. The van der Waals surface area contributed by atoms with Gasteiger partial charge in [-0.2, -0.15) is 0 Å². The van der Waals surface area contributed by atoms with Crippen molar-refractivity contribution in [3.63, 3.8) is 0 Å². The van der Waals surface area contributed by atoms with E-state index in [0.717, 1.165) is 57.9 Å². The maximum Gasteiger partial charge on any atom is 0.238 e. The van der Waals surface area contributed by atoms with Gasteiger partial charge < -0.3 is 16.8 Å². The third-order valence-corrected chi connectivity index (χ3v) is 8.43. The summed E-state index contributed by atoms with van der Waals surface area (Å²) in [5.41, 5.74) is 11.4. The Morgan fingerprint density at radius 3 is 2.38 bits per heavy atom. The van der Waals surface area contributed by atoms with Crippen LogP contribution in [0.25, 0.3) is 0 Å². The summed E-state index contributed by atoms with van der Waals surface area (Å²) in [6.07, 6.45) is 6.68. The van der Waals surface area contributed by atoms with E-state index in [9.17, 15) is 14.0 Å². The van der Waals surface area contributed by atoms with Crippen LogP contribution in [0.5, 0.6) is 0 Å². The summed E-state index contributed by atoms with van der Waals surface area (Å²) in [6, 6.07) is 0.0156. The number of nitrogens with one attached hydrogen (secondary N) is 3. The van der Waals surface area contributed by atoms with Gasteiger partial charge in [0.2, 0.25) is 11.8 Å². The van der Waals surface area contributed by atoms with Crippen LogP contribution in [0.4, 0.5) is 4.39 Å². The second kappa shape index (κ2) is 10.0. The van der Waals surface area contributed by atoms with Crippen LogP contribution >= 0.6 is 0 Å². The molecule has 2 heterocycles. The molecule has 180 valence electrons. The van der Waals surface area contributed by atoms with E-state index in [4.69, 9.17) is 16.9 Å². The second-order valence-electron chi connectivity index (χ2n) is 10.5. The Hall–Kier alpha value is -1.74. The molecule has 2 amide bonds. The number of piperidine rings is 1. The number of primary amides is 1. The Kier molecular flexibility index (Phi) is 7.34. The molecule has 7 N–H and O–H groups in total. The molecule has 0 radical (unpaired) electrons. The molecule has 0 spiro atoms. The highest BCUT2D eigenvalue weighted by atomic mass is 19.1. The third-order valence-electron chi connectivity index (χ3n) is 8.43. The highest BCUT2D eigenvalue weighted by molar-refractivity contribution is 5.83. The minimum atomic E-state index is -0.874. The third kappa shape index (κ3) is 5.25. The van der Waals surface area contributed by atoms with Crippen LogP contribution in [-0.4, -0.2) is 60.1 Å². The van der Waals surface area contributed by atoms with Crippen LogP contribution < -0.4 is 22.1 Å². The van der Waals surface area contributed by atoms with E-state index in [0.29, 0.717) is 31.2 Å². The second-order valence-corrected chi connectivity index (χ2v) is 10.5. The molecule has 4 rings (SSSR count). The van der Waals surface area contributed by atoms with Crippen LogP contribution in [0, 0.1) is 29.1 Å². The first-order chi connectivity index (χ1) is 15.3. The molecule has 8 nitrogen and oxygen atoms in total. The van der Waals surface area contributed by atoms with Crippen LogP contribution in [0.2, 0.25) is 0 Å². The first kappa shape index (κ1) is 23.4. The molecular weight excluding hydrogens is 411 g/mol. The molecule has 0 aromatic heterocycles. The van der Waals surface area contributed by atoms with Crippen LogP contribution in [-0.2, 0) is 9.59 Å². The van der Waals surface area contributed by atoms with Crippen LogP contribution in [0.3, 0.4) is 0 Å². The lowest BCUT2D eigenvalue weighted by molar-refractivity contribution is -0.127. The maximum atomic E-state index is 13.8. The summed E-state index contributed by atoms with van der Waals surface area (Å²) in [5, 5.41) is 14.2. The number of halogens is 1. The topological polar surface area (TPSA) is 137 Å². The van der Waals surface area contributed by atoms with Gasteiger partial charge in [-0.3, -0.25) is 25.2 Å². The molecule has 0 bridgehead atoms. The van der Waals surface area contributed by atoms with E-state index < -0.39 is 6.17 Å².